The van der Waals surface area contributed by atoms with Crippen molar-refractivity contribution in [1.82, 2.24) is 5.32 Å². The summed E-state index contributed by atoms with van der Waals surface area (Å²) in [6.45, 7) is 2.34. The maximum atomic E-state index is 10.7. The summed E-state index contributed by atoms with van der Waals surface area (Å²) >= 11 is 0. The lowest BCUT2D eigenvalue weighted by atomic mass is 9.97. The van der Waals surface area contributed by atoms with E-state index in [9.17, 15) is 9.90 Å². The molecule has 20 heavy (non-hydrogen) atoms. The lowest BCUT2D eigenvalue weighted by Gasteiger charge is -2.24. The third kappa shape index (κ3) is 5.28. The molecule has 2 atom stereocenters. The van der Waals surface area contributed by atoms with E-state index in [-0.39, 0.29) is 19.1 Å². The fourth-order valence-corrected chi connectivity index (χ4v) is 2.08. The molecule has 0 radical (unpaired) electrons. The summed E-state index contributed by atoms with van der Waals surface area (Å²) in [7, 11) is 0. The quantitative estimate of drug-likeness (QED) is 0.544. The van der Waals surface area contributed by atoms with Gasteiger partial charge in [-0.05, 0) is 24.0 Å². The van der Waals surface area contributed by atoms with Crippen LogP contribution in [0.25, 0.3) is 0 Å². The van der Waals surface area contributed by atoms with E-state index in [2.05, 4.69) is 12.2 Å². The number of rotatable bonds is 9. The van der Waals surface area contributed by atoms with Gasteiger partial charge in [0.05, 0.1) is 12.7 Å². The molecular weight excluding hydrogens is 258 g/mol. The number of aliphatic hydroxyl groups excluding tert-OH is 2. The molecule has 2 unspecified atom stereocenters. The topological polar surface area (TPSA) is 89.8 Å². The molecule has 1 aromatic carbocycles. The summed E-state index contributed by atoms with van der Waals surface area (Å²) in [5, 5.41) is 30.9. The molecule has 0 aromatic heterocycles. The lowest BCUT2D eigenvalue weighted by Crippen LogP contribution is -2.37. The Balaban J connectivity index is 2.73. The molecule has 4 N–H and O–H groups in total. The SMILES string of the molecule is CCc1ccc(C(O)C(CCC(=O)O)NCCO)cc1. The van der Waals surface area contributed by atoms with Gasteiger partial charge in [0.1, 0.15) is 0 Å². The van der Waals surface area contributed by atoms with Gasteiger partial charge < -0.3 is 20.6 Å². The fourth-order valence-electron chi connectivity index (χ4n) is 2.08. The summed E-state index contributed by atoms with van der Waals surface area (Å²) in [4.78, 5) is 10.7. The van der Waals surface area contributed by atoms with Crippen LogP contribution in [0, 0.1) is 0 Å². The molecule has 0 heterocycles. The van der Waals surface area contributed by atoms with Crippen molar-refractivity contribution in [3.05, 3.63) is 35.4 Å². The molecule has 0 spiro atoms. The number of carboxylic acid groups (broad SMARTS) is 1. The predicted octanol–water partition coefficient (Wildman–Crippen LogP) is 1.10. The molecule has 5 heteroatoms. The van der Waals surface area contributed by atoms with Gasteiger partial charge in [-0.1, -0.05) is 31.2 Å². The van der Waals surface area contributed by atoms with E-state index >= 15 is 0 Å². The minimum atomic E-state index is -0.894. The summed E-state index contributed by atoms with van der Waals surface area (Å²) in [5.41, 5.74) is 1.94. The highest BCUT2D eigenvalue weighted by molar-refractivity contribution is 5.66. The third-order valence-corrected chi connectivity index (χ3v) is 3.30. The number of carbonyl (C=O) groups is 1. The van der Waals surface area contributed by atoms with Crippen LogP contribution in [0.5, 0.6) is 0 Å². The highest BCUT2D eigenvalue weighted by Gasteiger charge is 2.21. The van der Waals surface area contributed by atoms with Crippen LogP contribution in [0.2, 0.25) is 0 Å². The molecular formula is C15H23NO4. The average molecular weight is 281 g/mol. The minimum Gasteiger partial charge on any atom is -0.481 e. The summed E-state index contributed by atoms with van der Waals surface area (Å²) < 4.78 is 0. The first-order valence-electron chi connectivity index (χ1n) is 6.91. The number of aryl methyl sites for hydroxylation is 1. The zero-order valence-corrected chi connectivity index (χ0v) is 11.7. The van der Waals surface area contributed by atoms with Gasteiger partial charge in [-0.3, -0.25) is 4.79 Å². The highest BCUT2D eigenvalue weighted by Crippen LogP contribution is 2.20. The second kappa shape index (κ2) is 8.68. The van der Waals surface area contributed by atoms with E-state index in [1.165, 1.54) is 5.56 Å². The summed E-state index contributed by atoms with van der Waals surface area (Å²) in [6.07, 6.45) is 0.438. The Hall–Kier alpha value is -1.43. The molecule has 1 aromatic rings. The molecule has 0 aliphatic rings. The molecule has 0 aliphatic carbocycles. The highest BCUT2D eigenvalue weighted by atomic mass is 16.4. The normalized spacial score (nSPS) is 13.9. The van der Waals surface area contributed by atoms with Crippen molar-refractivity contribution < 1.29 is 20.1 Å². The van der Waals surface area contributed by atoms with Crippen molar-refractivity contribution in [3.8, 4) is 0 Å². The number of nitrogens with one attached hydrogen (secondary N) is 1. The molecule has 0 saturated carbocycles. The third-order valence-electron chi connectivity index (χ3n) is 3.30. The second-order valence-corrected chi connectivity index (χ2v) is 4.76. The van der Waals surface area contributed by atoms with Crippen molar-refractivity contribution in [3.63, 3.8) is 0 Å². The van der Waals surface area contributed by atoms with Crippen molar-refractivity contribution in [2.24, 2.45) is 0 Å². The van der Waals surface area contributed by atoms with E-state index in [1.807, 2.05) is 24.3 Å². The monoisotopic (exact) mass is 281 g/mol. The number of hydrogen-bond donors (Lipinski definition) is 4. The summed E-state index contributed by atoms with van der Waals surface area (Å²) in [6, 6.07) is 7.25. The Bertz CT molecular complexity index is 405. The molecule has 0 saturated heterocycles. The van der Waals surface area contributed by atoms with E-state index in [0.29, 0.717) is 13.0 Å². The van der Waals surface area contributed by atoms with E-state index < -0.39 is 12.1 Å². The number of carboxylic acids is 1. The fraction of sp³-hybridized carbons (Fsp3) is 0.533. The maximum Gasteiger partial charge on any atom is 0.303 e. The van der Waals surface area contributed by atoms with Crippen LogP contribution in [-0.4, -0.2) is 40.5 Å². The smallest absolute Gasteiger partial charge is 0.303 e. The molecule has 1 rings (SSSR count). The first-order valence-corrected chi connectivity index (χ1v) is 6.91. The first kappa shape index (κ1) is 16.6. The Morgan fingerprint density at radius 3 is 2.45 bits per heavy atom. The molecule has 112 valence electrons. The van der Waals surface area contributed by atoms with Crippen molar-refractivity contribution in [1.29, 1.82) is 0 Å². The number of benzene rings is 1. The van der Waals surface area contributed by atoms with Gasteiger partial charge in [-0.25, -0.2) is 0 Å². The number of hydrogen-bond acceptors (Lipinski definition) is 4. The van der Waals surface area contributed by atoms with Crippen LogP contribution >= 0.6 is 0 Å². The van der Waals surface area contributed by atoms with Crippen molar-refractivity contribution >= 4 is 5.97 Å². The van der Waals surface area contributed by atoms with Crippen molar-refractivity contribution in [2.45, 2.75) is 38.3 Å². The lowest BCUT2D eigenvalue weighted by molar-refractivity contribution is -0.137. The van der Waals surface area contributed by atoms with Crippen molar-refractivity contribution in [2.75, 3.05) is 13.2 Å². The van der Waals surface area contributed by atoms with Crippen LogP contribution in [0.1, 0.15) is 37.0 Å². The molecule has 0 fully saturated rings. The van der Waals surface area contributed by atoms with Gasteiger partial charge >= 0.3 is 5.97 Å². The Labute approximate surface area is 119 Å². The molecule has 0 amide bonds. The predicted molar refractivity (Wildman–Crippen MR) is 76.5 cm³/mol. The largest absolute Gasteiger partial charge is 0.481 e. The molecule has 5 nitrogen and oxygen atoms in total. The zero-order valence-electron chi connectivity index (χ0n) is 11.7. The van der Waals surface area contributed by atoms with Crippen LogP contribution in [-0.2, 0) is 11.2 Å². The average Bonchev–Trinajstić information content (AvgIpc) is 2.46. The van der Waals surface area contributed by atoms with Gasteiger partial charge in [-0.15, -0.1) is 0 Å². The van der Waals surface area contributed by atoms with E-state index in [4.69, 9.17) is 10.2 Å². The Kier molecular flexibility index (Phi) is 7.22. The van der Waals surface area contributed by atoms with E-state index in [0.717, 1.165) is 12.0 Å². The molecule has 0 bridgehead atoms. The Morgan fingerprint density at radius 2 is 1.95 bits per heavy atom. The molecule has 0 aliphatic heterocycles. The standard InChI is InChI=1S/C15H23NO4/c1-2-11-3-5-12(6-4-11)15(20)13(16-9-10-17)7-8-14(18)19/h3-6,13,15-17,20H,2,7-10H2,1H3,(H,18,19). The second-order valence-electron chi connectivity index (χ2n) is 4.76. The van der Waals surface area contributed by atoms with Gasteiger partial charge in [-0.2, -0.15) is 0 Å². The van der Waals surface area contributed by atoms with Crippen LogP contribution in [0.3, 0.4) is 0 Å². The van der Waals surface area contributed by atoms with Crippen LogP contribution in [0.15, 0.2) is 24.3 Å². The van der Waals surface area contributed by atoms with E-state index in [1.54, 1.807) is 0 Å². The number of aliphatic carboxylic acids is 1. The van der Waals surface area contributed by atoms with Gasteiger partial charge in [0.2, 0.25) is 0 Å². The number of aliphatic hydroxyl groups is 2. The first-order chi connectivity index (χ1) is 9.58. The van der Waals surface area contributed by atoms with Gasteiger partial charge in [0, 0.05) is 19.0 Å². The zero-order chi connectivity index (χ0) is 15.0. The summed E-state index contributed by atoms with van der Waals surface area (Å²) in [5.74, 6) is -0.894. The maximum absolute atomic E-state index is 10.7. The van der Waals surface area contributed by atoms with Gasteiger partial charge in [0.25, 0.3) is 0 Å². The van der Waals surface area contributed by atoms with Gasteiger partial charge in [0.15, 0.2) is 0 Å². The Morgan fingerprint density at radius 1 is 1.30 bits per heavy atom. The minimum absolute atomic E-state index is 0.0206. The van der Waals surface area contributed by atoms with Crippen LogP contribution < -0.4 is 5.32 Å². The van der Waals surface area contributed by atoms with Crippen LogP contribution in [0.4, 0.5) is 0 Å².